The molecule has 135 valence electrons. The third-order valence-corrected chi connectivity index (χ3v) is 7.69. The largest absolute Gasteiger partial charge is 0.493 e. The van der Waals surface area contributed by atoms with Gasteiger partial charge in [-0.1, -0.05) is 6.07 Å². The van der Waals surface area contributed by atoms with Crippen LogP contribution in [0.4, 0.5) is 9.18 Å². The minimum Gasteiger partial charge on any atom is -0.493 e. The van der Waals surface area contributed by atoms with E-state index in [9.17, 15) is 14.0 Å². The highest BCUT2D eigenvalue weighted by molar-refractivity contribution is 6.90. The van der Waals surface area contributed by atoms with Crippen molar-refractivity contribution in [1.82, 2.24) is 14.8 Å². The van der Waals surface area contributed by atoms with Crippen molar-refractivity contribution in [3.63, 3.8) is 0 Å². The van der Waals surface area contributed by atoms with Crippen molar-refractivity contribution in [3.05, 3.63) is 47.5 Å². The van der Waals surface area contributed by atoms with Gasteiger partial charge in [-0.25, -0.2) is 4.39 Å². The maximum Gasteiger partial charge on any atom is 0.289 e. The van der Waals surface area contributed by atoms with Crippen molar-refractivity contribution in [2.45, 2.75) is 18.4 Å². The van der Waals surface area contributed by atoms with Crippen LogP contribution in [-0.4, -0.2) is 36.8 Å². The lowest BCUT2D eigenvalue weighted by atomic mass is 9.93. The Balaban J connectivity index is 1.71. The number of hydrogen-bond donors (Lipinski definition) is 2. The van der Waals surface area contributed by atoms with E-state index in [4.69, 9.17) is 10.5 Å². The van der Waals surface area contributed by atoms with Crippen LogP contribution < -0.4 is 15.5 Å². The molecule has 1 fully saturated rings. The average Bonchev–Trinajstić information content (AvgIpc) is 3.24. The Morgan fingerprint density at radius 1 is 1.42 bits per heavy atom. The first-order chi connectivity index (χ1) is 12.4. The van der Waals surface area contributed by atoms with Crippen molar-refractivity contribution in [3.8, 4) is 5.75 Å². The number of halogens is 1. The first-order valence-electron chi connectivity index (χ1n) is 8.29. The molecule has 26 heavy (non-hydrogen) atoms. The first kappa shape index (κ1) is 16.8. The molecule has 0 unspecified atom stereocenters. The molecule has 2 amide bonds. The molecule has 7 nitrogen and oxygen atoms in total. The average molecular weight is 373 g/mol. The SMILES string of the molecule is Cn1nccc1C(=O)N[Si](C(N)=O)[C@@H]1c2ccc(F)cc2OCC12CC2. The Morgan fingerprint density at radius 2 is 2.19 bits per heavy atom. The monoisotopic (exact) mass is 373 g/mol. The number of fused-ring (bicyclic) bond motifs is 1. The van der Waals surface area contributed by atoms with Gasteiger partial charge < -0.3 is 15.5 Å². The molecule has 1 radical (unpaired) electrons. The number of nitrogens with two attached hydrogens (primary N) is 1. The second kappa shape index (κ2) is 5.94. The molecule has 1 aliphatic heterocycles. The molecule has 4 rings (SSSR count). The van der Waals surface area contributed by atoms with Gasteiger partial charge in [0, 0.05) is 30.3 Å². The zero-order chi connectivity index (χ0) is 18.5. The van der Waals surface area contributed by atoms with E-state index in [1.54, 1.807) is 19.2 Å². The highest BCUT2D eigenvalue weighted by atomic mass is 28.3. The summed E-state index contributed by atoms with van der Waals surface area (Å²) >= 11 is 0. The lowest BCUT2D eigenvalue weighted by Crippen LogP contribution is -2.56. The second-order valence-electron chi connectivity index (χ2n) is 6.84. The van der Waals surface area contributed by atoms with Crippen LogP contribution in [0.2, 0.25) is 0 Å². The Kier molecular flexibility index (Phi) is 3.83. The van der Waals surface area contributed by atoms with Crippen LogP contribution >= 0.6 is 0 Å². The van der Waals surface area contributed by atoms with E-state index < -0.39 is 20.3 Å². The summed E-state index contributed by atoms with van der Waals surface area (Å²) in [7, 11) is -0.522. The normalized spacial score (nSPS) is 19.7. The minimum atomic E-state index is -2.18. The number of carbonyl (C=O) groups is 2. The summed E-state index contributed by atoms with van der Waals surface area (Å²) in [6.45, 7) is 0.400. The molecule has 0 saturated heterocycles. The second-order valence-corrected chi connectivity index (χ2v) is 8.99. The Hall–Kier alpha value is -2.68. The summed E-state index contributed by atoms with van der Waals surface area (Å²) < 4.78 is 20.8. The zero-order valence-corrected chi connectivity index (χ0v) is 15.2. The van der Waals surface area contributed by atoms with Crippen LogP contribution in [0.15, 0.2) is 30.5 Å². The number of nitrogens with one attached hydrogen (secondary N) is 1. The standard InChI is InChI=1S/C17H18FN4O3Si/c1-22-12(4-7-20-22)15(23)21-26(16(19)24)14-11-3-2-10(18)8-13(11)25-9-17(14)5-6-17/h2-4,7-8,14H,5-6,9H2,1H3,(H2,19,24)(H,21,23)/t14-/m1/s1. The smallest absolute Gasteiger partial charge is 0.289 e. The van der Waals surface area contributed by atoms with Crippen LogP contribution in [0.3, 0.4) is 0 Å². The quantitative estimate of drug-likeness (QED) is 0.792. The summed E-state index contributed by atoms with van der Waals surface area (Å²) in [6, 6.07) is 5.88. The van der Waals surface area contributed by atoms with Gasteiger partial charge in [0.05, 0.1) is 6.61 Å². The van der Waals surface area contributed by atoms with E-state index in [-0.39, 0.29) is 16.9 Å². The molecule has 9 heteroatoms. The lowest BCUT2D eigenvalue weighted by molar-refractivity contribution is 0.0967. The summed E-state index contributed by atoms with van der Waals surface area (Å²) in [5, 5.41) is 3.98. The highest BCUT2D eigenvalue weighted by Crippen LogP contribution is 2.60. The van der Waals surface area contributed by atoms with E-state index in [1.165, 1.54) is 23.0 Å². The van der Waals surface area contributed by atoms with Gasteiger partial charge in [0.2, 0.25) is 5.53 Å². The predicted molar refractivity (Wildman–Crippen MR) is 92.3 cm³/mol. The van der Waals surface area contributed by atoms with Gasteiger partial charge in [0.15, 0.2) is 0 Å². The van der Waals surface area contributed by atoms with Gasteiger partial charge in [-0.15, -0.1) is 0 Å². The zero-order valence-electron chi connectivity index (χ0n) is 14.2. The van der Waals surface area contributed by atoms with E-state index in [0.29, 0.717) is 18.1 Å². The molecule has 2 heterocycles. The number of nitrogens with zero attached hydrogens (tertiary/aromatic N) is 2. The van der Waals surface area contributed by atoms with Gasteiger partial charge in [0.1, 0.15) is 17.3 Å². The van der Waals surface area contributed by atoms with E-state index >= 15 is 0 Å². The molecule has 1 aromatic carbocycles. The molecule has 2 aromatic rings. The number of ether oxygens (including phenoxy) is 1. The predicted octanol–water partition coefficient (Wildman–Crippen LogP) is 1.44. The Labute approximate surface area is 151 Å². The van der Waals surface area contributed by atoms with Crippen molar-refractivity contribution in [1.29, 1.82) is 0 Å². The van der Waals surface area contributed by atoms with Crippen LogP contribution in [0.1, 0.15) is 34.4 Å². The van der Waals surface area contributed by atoms with E-state index in [1.807, 2.05) is 0 Å². The number of amides is 2. The van der Waals surface area contributed by atoms with Crippen LogP contribution in [0, 0.1) is 11.2 Å². The van der Waals surface area contributed by atoms with E-state index in [0.717, 1.165) is 18.4 Å². The molecule has 2 aliphatic rings. The van der Waals surface area contributed by atoms with Crippen molar-refractivity contribution in [2.75, 3.05) is 6.61 Å². The number of hydrogen-bond acceptors (Lipinski definition) is 4. The maximum absolute atomic E-state index is 13.6. The lowest BCUT2D eigenvalue weighted by Gasteiger charge is -2.36. The van der Waals surface area contributed by atoms with Gasteiger partial charge in [-0.3, -0.25) is 14.3 Å². The summed E-state index contributed by atoms with van der Waals surface area (Å²) in [6.07, 6.45) is 3.29. The Bertz CT molecular complexity index is 896. The molecule has 0 bridgehead atoms. The number of carbonyl (C=O) groups excluding carboxylic acids is 2. The van der Waals surface area contributed by atoms with Crippen molar-refractivity contribution in [2.24, 2.45) is 18.2 Å². The van der Waals surface area contributed by atoms with Crippen LogP contribution in [0.5, 0.6) is 5.75 Å². The molecule has 3 N–H and O–H groups in total. The van der Waals surface area contributed by atoms with Crippen LogP contribution in [-0.2, 0) is 7.05 Å². The highest BCUT2D eigenvalue weighted by Gasteiger charge is 2.58. The van der Waals surface area contributed by atoms with Crippen molar-refractivity contribution < 1.29 is 18.7 Å². The van der Waals surface area contributed by atoms with Crippen LogP contribution in [0.25, 0.3) is 0 Å². The third kappa shape index (κ3) is 2.68. The Morgan fingerprint density at radius 3 is 2.81 bits per heavy atom. The fourth-order valence-electron chi connectivity index (χ4n) is 3.62. The third-order valence-electron chi connectivity index (χ3n) is 5.16. The summed E-state index contributed by atoms with van der Waals surface area (Å²) in [5.74, 6) is -0.365. The van der Waals surface area contributed by atoms with Gasteiger partial charge in [-0.05, 0) is 30.5 Å². The molecule has 1 saturated carbocycles. The van der Waals surface area contributed by atoms with Gasteiger partial charge >= 0.3 is 0 Å². The molecular weight excluding hydrogens is 355 g/mol. The number of rotatable bonds is 4. The fraction of sp³-hybridized carbons (Fsp3) is 0.353. The fourth-order valence-corrected chi connectivity index (χ4v) is 6.08. The number of aryl methyl sites for hydroxylation is 1. The minimum absolute atomic E-state index is 0.214. The maximum atomic E-state index is 13.6. The van der Waals surface area contributed by atoms with Crippen molar-refractivity contribution >= 4 is 20.4 Å². The van der Waals surface area contributed by atoms with Gasteiger partial charge in [0.25, 0.3) is 14.9 Å². The molecule has 1 aliphatic carbocycles. The topological polar surface area (TPSA) is 99.2 Å². The molecule has 1 spiro atoms. The molecule has 1 atom stereocenters. The number of aromatic nitrogens is 2. The van der Waals surface area contributed by atoms with E-state index in [2.05, 4.69) is 10.1 Å². The molecule has 1 aromatic heterocycles. The van der Waals surface area contributed by atoms with Gasteiger partial charge in [-0.2, -0.15) is 5.10 Å². The molecular formula is C17H18FN4O3Si. The first-order valence-corrected chi connectivity index (χ1v) is 9.87. The summed E-state index contributed by atoms with van der Waals surface area (Å²) in [4.78, 5) is 27.8. The number of primary amides is 1. The summed E-state index contributed by atoms with van der Waals surface area (Å²) in [5.41, 5.74) is 5.79. The number of benzene rings is 1.